The van der Waals surface area contributed by atoms with Crippen molar-refractivity contribution in [2.75, 3.05) is 26.7 Å². The van der Waals surface area contributed by atoms with Crippen LogP contribution in [0.25, 0.3) is 0 Å². The highest BCUT2D eigenvalue weighted by Crippen LogP contribution is 2.23. The van der Waals surface area contributed by atoms with Gasteiger partial charge in [0.15, 0.2) is 0 Å². The summed E-state index contributed by atoms with van der Waals surface area (Å²) in [6.45, 7) is 2.65. The molecular formula is C13H20ClN3O2S. The van der Waals surface area contributed by atoms with Crippen molar-refractivity contribution >= 4 is 21.6 Å². The number of halogens is 1. The highest BCUT2D eigenvalue weighted by Gasteiger charge is 2.23. The van der Waals surface area contributed by atoms with Gasteiger partial charge in [0.1, 0.15) is 4.90 Å². The zero-order valence-electron chi connectivity index (χ0n) is 11.5. The maximum absolute atomic E-state index is 12.3. The number of hydrogen-bond donors (Lipinski definition) is 2. The Labute approximate surface area is 125 Å². The van der Waals surface area contributed by atoms with E-state index in [9.17, 15) is 8.42 Å². The molecule has 2 rings (SSSR count). The van der Waals surface area contributed by atoms with Gasteiger partial charge in [-0.15, -0.1) is 0 Å². The Morgan fingerprint density at radius 1 is 1.50 bits per heavy atom. The third-order valence-electron chi connectivity index (χ3n) is 3.57. The number of rotatable bonds is 5. The lowest BCUT2D eigenvalue weighted by atomic mass is 10.1. The van der Waals surface area contributed by atoms with Crippen LogP contribution in [0.1, 0.15) is 12.0 Å². The van der Waals surface area contributed by atoms with Crippen LogP contribution in [0.3, 0.4) is 0 Å². The zero-order valence-corrected chi connectivity index (χ0v) is 13.0. The lowest BCUT2D eigenvalue weighted by molar-refractivity contribution is 0.394. The van der Waals surface area contributed by atoms with Crippen LogP contribution < -0.4 is 10.5 Å². The molecule has 0 radical (unpaired) electrons. The van der Waals surface area contributed by atoms with E-state index in [2.05, 4.69) is 9.62 Å². The lowest BCUT2D eigenvalue weighted by Crippen LogP contribution is -2.30. The highest BCUT2D eigenvalue weighted by atomic mass is 35.5. The lowest BCUT2D eigenvalue weighted by Gasteiger charge is -2.13. The molecule has 112 valence electrons. The molecule has 0 aliphatic carbocycles. The van der Waals surface area contributed by atoms with Crippen LogP contribution in [0.2, 0.25) is 5.02 Å². The Hall–Kier alpha value is -0.660. The second-order valence-corrected chi connectivity index (χ2v) is 7.38. The molecule has 0 spiro atoms. The van der Waals surface area contributed by atoms with Crippen LogP contribution in [-0.4, -0.2) is 40.0 Å². The molecule has 1 aliphatic heterocycles. The first kappa shape index (κ1) is 15.7. The van der Waals surface area contributed by atoms with Gasteiger partial charge in [-0.3, -0.25) is 0 Å². The predicted molar refractivity (Wildman–Crippen MR) is 80.1 cm³/mol. The SMILES string of the molecule is CN1CCC(CNS(=O)(=O)c2cc(CN)ccc2Cl)C1. The third kappa shape index (κ3) is 3.71. The van der Waals surface area contributed by atoms with Gasteiger partial charge in [0.2, 0.25) is 10.0 Å². The van der Waals surface area contributed by atoms with Gasteiger partial charge in [-0.05, 0) is 43.6 Å². The van der Waals surface area contributed by atoms with Crippen molar-refractivity contribution in [3.05, 3.63) is 28.8 Å². The van der Waals surface area contributed by atoms with Crippen molar-refractivity contribution in [1.82, 2.24) is 9.62 Å². The van der Waals surface area contributed by atoms with E-state index in [1.807, 2.05) is 7.05 Å². The van der Waals surface area contributed by atoms with Gasteiger partial charge in [0.25, 0.3) is 0 Å². The van der Waals surface area contributed by atoms with Crippen molar-refractivity contribution in [3.63, 3.8) is 0 Å². The predicted octanol–water partition coefficient (Wildman–Crippen LogP) is 1.03. The second kappa shape index (κ2) is 6.41. The van der Waals surface area contributed by atoms with E-state index in [-0.39, 0.29) is 16.5 Å². The molecular weight excluding hydrogens is 298 g/mol. The summed E-state index contributed by atoms with van der Waals surface area (Å²) < 4.78 is 27.3. The van der Waals surface area contributed by atoms with Crippen LogP contribution in [0.5, 0.6) is 0 Å². The van der Waals surface area contributed by atoms with Crippen molar-refractivity contribution in [2.24, 2.45) is 11.7 Å². The summed E-state index contributed by atoms with van der Waals surface area (Å²) in [6.07, 6.45) is 1.01. The van der Waals surface area contributed by atoms with Crippen LogP contribution >= 0.6 is 11.6 Å². The van der Waals surface area contributed by atoms with Crippen LogP contribution in [0.4, 0.5) is 0 Å². The first-order valence-corrected chi connectivity index (χ1v) is 8.45. The first-order chi connectivity index (χ1) is 9.42. The van der Waals surface area contributed by atoms with Gasteiger partial charge in [-0.25, -0.2) is 13.1 Å². The Bertz CT molecular complexity index is 577. The molecule has 5 nitrogen and oxygen atoms in total. The Balaban J connectivity index is 2.10. The van der Waals surface area contributed by atoms with E-state index in [1.165, 1.54) is 6.07 Å². The molecule has 1 unspecified atom stereocenters. The Morgan fingerprint density at radius 2 is 2.25 bits per heavy atom. The molecule has 1 heterocycles. The number of nitrogens with zero attached hydrogens (tertiary/aromatic N) is 1. The number of nitrogens with one attached hydrogen (secondary N) is 1. The molecule has 1 atom stereocenters. The zero-order chi connectivity index (χ0) is 14.8. The number of nitrogens with two attached hydrogens (primary N) is 1. The number of sulfonamides is 1. The largest absolute Gasteiger partial charge is 0.326 e. The minimum atomic E-state index is -3.58. The highest BCUT2D eigenvalue weighted by molar-refractivity contribution is 7.89. The maximum atomic E-state index is 12.3. The molecule has 0 bridgehead atoms. The quantitative estimate of drug-likeness (QED) is 0.850. The van der Waals surface area contributed by atoms with Crippen LogP contribution in [-0.2, 0) is 16.6 Å². The van der Waals surface area contributed by atoms with Crippen molar-refractivity contribution in [1.29, 1.82) is 0 Å². The molecule has 20 heavy (non-hydrogen) atoms. The van der Waals surface area contributed by atoms with E-state index in [0.29, 0.717) is 12.5 Å². The van der Waals surface area contributed by atoms with E-state index in [4.69, 9.17) is 17.3 Å². The van der Waals surface area contributed by atoms with Crippen molar-refractivity contribution in [2.45, 2.75) is 17.9 Å². The summed E-state index contributed by atoms with van der Waals surface area (Å²) in [4.78, 5) is 2.30. The van der Waals surface area contributed by atoms with Gasteiger partial charge >= 0.3 is 0 Å². The number of benzene rings is 1. The standard InChI is InChI=1S/C13H20ClN3O2S/c1-17-5-4-11(9-17)8-16-20(18,19)13-6-10(7-15)2-3-12(13)14/h2-3,6,11,16H,4-5,7-9,15H2,1H3. The van der Waals surface area contributed by atoms with Crippen molar-refractivity contribution in [3.8, 4) is 0 Å². The van der Waals surface area contributed by atoms with Crippen LogP contribution in [0.15, 0.2) is 23.1 Å². The monoisotopic (exact) mass is 317 g/mol. The molecule has 0 amide bonds. The second-order valence-electron chi connectivity index (χ2n) is 5.24. The topological polar surface area (TPSA) is 75.4 Å². The first-order valence-electron chi connectivity index (χ1n) is 6.59. The fraction of sp³-hybridized carbons (Fsp3) is 0.538. The van der Waals surface area contributed by atoms with Gasteiger partial charge < -0.3 is 10.6 Å². The molecule has 7 heteroatoms. The molecule has 1 aliphatic rings. The minimum Gasteiger partial charge on any atom is -0.326 e. The Morgan fingerprint density at radius 3 is 2.85 bits per heavy atom. The van der Waals surface area contributed by atoms with Gasteiger partial charge in [-0.1, -0.05) is 17.7 Å². The Kier molecular flexibility index (Phi) is 5.04. The average molecular weight is 318 g/mol. The minimum absolute atomic E-state index is 0.105. The fourth-order valence-corrected chi connectivity index (χ4v) is 4.04. The van der Waals surface area contributed by atoms with E-state index in [0.717, 1.165) is 25.1 Å². The van der Waals surface area contributed by atoms with E-state index < -0.39 is 10.0 Å². The molecule has 1 aromatic carbocycles. The van der Waals surface area contributed by atoms with Crippen molar-refractivity contribution < 1.29 is 8.42 Å². The average Bonchev–Trinajstić information content (AvgIpc) is 2.83. The van der Waals surface area contributed by atoms with E-state index >= 15 is 0 Å². The number of likely N-dealkylation sites (tertiary alicyclic amines) is 1. The molecule has 1 fully saturated rings. The smallest absolute Gasteiger partial charge is 0.242 e. The van der Waals surface area contributed by atoms with Gasteiger partial charge in [-0.2, -0.15) is 0 Å². The molecule has 0 aromatic heterocycles. The summed E-state index contributed by atoms with van der Waals surface area (Å²) in [5.41, 5.74) is 6.28. The molecule has 1 aromatic rings. The van der Waals surface area contributed by atoms with Crippen LogP contribution in [0, 0.1) is 5.92 Å². The van der Waals surface area contributed by atoms with E-state index in [1.54, 1.807) is 12.1 Å². The third-order valence-corrected chi connectivity index (χ3v) is 5.48. The molecule has 1 saturated heterocycles. The fourth-order valence-electron chi connectivity index (χ4n) is 2.38. The molecule has 0 saturated carbocycles. The normalized spacial score (nSPS) is 20.4. The van der Waals surface area contributed by atoms with Gasteiger partial charge in [0.05, 0.1) is 5.02 Å². The number of hydrogen-bond acceptors (Lipinski definition) is 4. The molecule has 3 N–H and O–H groups in total. The van der Waals surface area contributed by atoms with Gasteiger partial charge in [0, 0.05) is 19.6 Å². The summed E-state index contributed by atoms with van der Waals surface area (Å²) in [6, 6.07) is 4.83. The summed E-state index contributed by atoms with van der Waals surface area (Å²) >= 11 is 5.99. The summed E-state index contributed by atoms with van der Waals surface area (Å²) in [7, 11) is -1.55. The summed E-state index contributed by atoms with van der Waals surface area (Å²) in [5, 5.41) is 0.221. The summed E-state index contributed by atoms with van der Waals surface area (Å²) in [5.74, 6) is 0.353. The maximum Gasteiger partial charge on any atom is 0.242 e.